The van der Waals surface area contributed by atoms with Crippen LogP contribution in [-0.4, -0.2) is 44.0 Å². The SMILES string of the molecule is CC1CC(C=C2Sc3ccc4ccccc4c3N2CCCS(=O)(=O)[O-])=CC(=Cc2sc3ccc4ccccc4c3[n+]2CCCS(=O)(=O)[O-])C1.[K+]. The average molecular weight is 771 g/mol. The van der Waals surface area contributed by atoms with Crippen molar-refractivity contribution in [1.82, 2.24) is 0 Å². The van der Waals surface area contributed by atoms with E-state index in [0.29, 0.717) is 19.0 Å². The quantitative estimate of drug-likeness (QED) is 0.115. The Morgan fingerprint density at radius 3 is 2.24 bits per heavy atom. The van der Waals surface area contributed by atoms with Crippen LogP contribution in [0.3, 0.4) is 0 Å². The van der Waals surface area contributed by atoms with Crippen molar-refractivity contribution in [3.63, 3.8) is 0 Å². The molecule has 0 fully saturated rings. The first-order valence-corrected chi connectivity index (χ1v) is 21.0. The molecular formula is C37H35KN2O6S4. The third-order valence-electron chi connectivity index (χ3n) is 8.94. The van der Waals surface area contributed by atoms with Crippen LogP contribution in [-0.2, 0) is 26.8 Å². The molecule has 2 heterocycles. The van der Waals surface area contributed by atoms with Gasteiger partial charge < -0.3 is 14.0 Å². The summed E-state index contributed by atoms with van der Waals surface area (Å²) in [6, 6.07) is 24.7. The molecule has 7 rings (SSSR count). The van der Waals surface area contributed by atoms with Gasteiger partial charge in [0.1, 0.15) is 4.70 Å². The number of hydrogen-bond donors (Lipinski definition) is 0. The number of nitrogens with zero attached hydrogens (tertiary/aromatic N) is 2. The van der Waals surface area contributed by atoms with Gasteiger partial charge in [0.15, 0.2) is 6.54 Å². The number of allylic oxidation sites excluding steroid dienone is 4. The molecule has 0 amide bonds. The van der Waals surface area contributed by atoms with E-state index in [2.05, 4.69) is 83.1 Å². The van der Waals surface area contributed by atoms with Gasteiger partial charge in [-0.25, -0.2) is 16.8 Å². The number of benzene rings is 4. The minimum atomic E-state index is -4.33. The summed E-state index contributed by atoms with van der Waals surface area (Å²) >= 11 is 3.31. The summed E-state index contributed by atoms with van der Waals surface area (Å²) in [5.41, 5.74) is 4.39. The molecule has 0 spiro atoms. The van der Waals surface area contributed by atoms with Crippen molar-refractivity contribution in [3.8, 4) is 0 Å². The summed E-state index contributed by atoms with van der Waals surface area (Å²) in [5.74, 6) is -0.468. The summed E-state index contributed by atoms with van der Waals surface area (Å²) in [6.45, 7) is 3.04. The molecule has 254 valence electrons. The molecule has 0 saturated heterocycles. The maximum absolute atomic E-state index is 11.5. The van der Waals surface area contributed by atoms with Crippen LogP contribution < -0.4 is 60.9 Å². The summed E-state index contributed by atoms with van der Waals surface area (Å²) < 4.78 is 72.1. The second-order valence-electron chi connectivity index (χ2n) is 12.8. The van der Waals surface area contributed by atoms with Gasteiger partial charge in [0.25, 0.3) is 5.01 Å². The van der Waals surface area contributed by atoms with E-state index in [1.807, 2.05) is 24.3 Å². The largest absolute Gasteiger partial charge is 1.00 e. The van der Waals surface area contributed by atoms with Crippen molar-refractivity contribution in [2.45, 2.75) is 44.0 Å². The van der Waals surface area contributed by atoms with Gasteiger partial charge in [-0.05, 0) is 71.4 Å². The molecule has 1 aliphatic heterocycles. The molecule has 2 aliphatic rings. The van der Waals surface area contributed by atoms with E-state index in [-0.39, 0.29) is 64.2 Å². The smallest absolute Gasteiger partial charge is 0.748 e. The Bertz CT molecular complexity index is 2420. The van der Waals surface area contributed by atoms with Gasteiger partial charge in [0.05, 0.1) is 36.3 Å². The van der Waals surface area contributed by atoms with Crippen LogP contribution >= 0.6 is 23.1 Å². The minimum Gasteiger partial charge on any atom is -0.748 e. The molecule has 0 bridgehead atoms. The zero-order chi connectivity index (χ0) is 34.3. The molecule has 8 nitrogen and oxygen atoms in total. The first-order valence-electron chi connectivity index (χ1n) is 16.2. The number of thiazole rings is 1. The van der Waals surface area contributed by atoms with Crippen molar-refractivity contribution in [2.24, 2.45) is 5.92 Å². The number of fused-ring (bicyclic) bond motifs is 6. The molecular weight excluding hydrogens is 736 g/mol. The maximum atomic E-state index is 11.5. The second-order valence-corrected chi connectivity index (χ2v) is 17.9. The fourth-order valence-corrected chi connectivity index (χ4v) is 10.3. The molecule has 1 unspecified atom stereocenters. The van der Waals surface area contributed by atoms with Gasteiger partial charge in [-0.15, -0.1) is 0 Å². The average Bonchev–Trinajstić information content (AvgIpc) is 3.57. The van der Waals surface area contributed by atoms with E-state index in [9.17, 15) is 25.9 Å². The first kappa shape index (κ1) is 37.9. The van der Waals surface area contributed by atoms with Gasteiger partial charge in [0.2, 0.25) is 5.52 Å². The van der Waals surface area contributed by atoms with E-state index >= 15 is 0 Å². The monoisotopic (exact) mass is 770 g/mol. The summed E-state index contributed by atoms with van der Waals surface area (Å²) in [5, 5.41) is 6.35. The van der Waals surface area contributed by atoms with Crippen molar-refractivity contribution in [2.75, 3.05) is 23.0 Å². The van der Waals surface area contributed by atoms with E-state index < -0.39 is 31.7 Å². The maximum Gasteiger partial charge on any atom is 1.00 e. The predicted octanol–water partition coefficient (Wildman–Crippen LogP) is 4.56. The zero-order valence-electron chi connectivity index (χ0n) is 27.9. The molecule has 4 aromatic carbocycles. The Morgan fingerprint density at radius 2 is 1.50 bits per heavy atom. The van der Waals surface area contributed by atoms with Crippen LogP contribution in [0.1, 0.15) is 37.6 Å². The van der Waals surface area contributed by atoms with Crippen molar-refractivity contribution < 1.29 is 81.9 Å². The molecule has 5 aromatic rings. The van der Waals surface area contributed by atoms with Crippen LogP contribution in [0.25, 0.3) is 37.8 Å². The Hall–Kier alpha value is -1.88. The number of aromatic nitrogens is 1. The standard InChI is InChI=1S/C37H36N2O6S4.K/c1-25-20-26(23-34-38(16-6-18-48(40,41)42)36-30-10-4-2-8-28(30)12-14-32(36)46-34)22-27(21-25)24-35-39(17-7-19-49(43,44)45)37-31-11-5-3-9-29(31)13-15-33(37)47-35;/h2-5,8-15,22-25H,6-7,16-21H2,1H3,(H-,40,41,42,43,44,45);/q;+1/p-1. The Morgan fingerprint density at radius 1 is 0.840 bits per heavy atom. The van der Waals surface area contributed by atoms with E-state index in [1.165, 1.54) is 0 Å². The van der Waals surface area contributed by atoms with Gasteiger partial charge in [-0.1, -0.05) is 90.7 Å². The first-order chi connectivity index (χ1) is 23.4. The van der Waals surface area contributed by atoms with E-state index in [0.717, 1.165) is 76.4 Å². The molecule has 50 heavy (non-hydrogen) atoms. The van der Waals surface area contributed by atoms with Crippen molar-refractivity contribution >= 4 is 86.9 Å². The van der Waals surface area contributed by atoms with Crippen molar-refractivity contribution in [1.29, 1.82) is 0 Å². The Labute approximate surface area is 343 Å². The van der Waals surface area contributed by atoms with Gasteiger partial charge in [-0.3, -0.25) is 0 Å². The van der Waals surface area contributed by atoms with Gasteiger partial charge >= 0.3 is 51.4 Å². The van der Waals surface area contributed by atoms with Crippen LogP contribution in [0, 0.1) is 5.92 Å². The van der Waals surface area contributed by atoms with Crippen LogP contribution in [0.15, 0.2) is 106 Å². The second kappa shape index (κ2) is 15.6. The number of rotatable bonds is 10. The molecule has 1 atom stereocenters. The predicted molar refractivity (Wildman–Crippen MR) is 198 cm³/mol. The molecule has 1 aliphatic carbocycles. The normalized spacial score (nSPS) is 18.3. The number of anilines is 1. The number of hydrogen-bond acceptors (Lipinski definition) is 9. The van der Waals surface area contributed by atoms with Crippen LogP contribution in [0.5, 0.6) is 0 Å². The Kier molecular flexibility index (Phi) is 11.8. The van der Waals surface area contributed by atoms with Gasteiger partial charge in [-0.2, -0.15) is 4.57 Å². The summed E-state index contributed by atoms with van der Waals surface area (Å²) in [6.07, 6.45) is 8.81. The number of aryl methyl sites for hydroxylation is 1. The van der Waals surface area contributed by atoms with Crippen LogP contribution in [0.4, 0.5) is 5.69 Å². The topological polar surface area (TPSA) is 122 Å². The zero-order valence-corrected chi connectivity index (χ0v) is 34.3. The third-order valence-corrected chi connectivity index (χ3v) is 12.7. The fraction of sp³-hybridized carbons (Fsp3) is 0.270. The fourth-order valence-electron chi connectivity index (χ4n) is 6.96. The molecule has 0 N–H and O–H groups in total. The number of thioether (sulfide) groups is 1. The van der Waals surface area contributed by atoms with Gasteiger partial charge in [0, 0.05) is 40.8 Å². The molecule has 0 radical (unpaired) electrons. The molecule has 0 saturated carbocycles. The molecule has 13 heteroatoms. The van der Waals surface area contributed by atoms with E-state index in [4.69, 9.17) is 0 Å². The van der Waals surface area contributed by atoms with E-state index in [1.54, 1.807) is 23.1 Å². The molecule has 1 aromatic heterocycles. The van der Waals surface area contributed by atoms with Crippen LogP contribution in [0.2, 0.25) is 0 Å². The van der Waals surface area contributed by atoms with Crippen molar-refractivity contribution in [3.05, 3.63) is 106 Å². The minimum absolute atomic E-state index is 0. The summed E-state index contributed by atoms with van der Waals surface area (Å²) in [7, 11) is -8.66. The summed E-state index contributed by atoms with van der Waals surface area (Å²) in [4.78, 5) is 3.25. The third kappa shape index (κ3) is 8.66. The Balaban J connectivity index is 0.00000432.